The molecule has 1 aromatic heterocycles. The van der Waals surface area contributed by atoms with E-state index in [1.165, 1.54) is 10.8 Å². The minimum absolute atomic E-state index is 0.166. The van der Waals surface area contributed by atoms with Gasteiger partial charge in [0.2, 0.25) is 0 Å². The molecule has 2 heterocycles. The maximum Gasteiger partial charge on any atom is 0.338 e. The highest BCUT2D eigenvalue weighted by molar-refractivity contribution is 7.74. The summed E-state index contributed by atoms with van der Waals surface area (Å²) in [7, 11) is -3.51. The Morgan fingerprint density at radius 1 is 0.951 bits per heavy atom. The molecule has 0 unspecified atom stereocenters. The number of nitrogens with one attached hydrogen (secondary N) is 1. The Hall–Kier alpha value is -4.08. The molecule has 41 heavy (non-hydrogen) atoms. The molecule has 0 saturated carbocycles. The number of aromatic nitrogens is 2. The smallest absolute Gasteiger partial charge is 0.338 e. The number of nitrogens with zero attached hydrogens (tertiary/aromatic N) is 1. The van der Waals surface area contributed by atoms with Crippen LogP contribution >= 0.6 is 7.37 Å². The van der Waals surface area contributed by atoms with Crippen LogP contribution in [0, 0.1) is 6.92 Å². The number of hydrogen-bond acceptors (Lipinski definition) is 8. The zero-order chi connectivity index (χ0) is 28.8. The molecule has 4 aromatic rings. The number of carbonyl (C=O) groups is 1. The Bertz CT molecular complexity index is 1600. The molecule has 5 rings (SSSR count). The van der Waals surface area contributed by atoms with Crippen LogP contribution in [-0.4, -0.2) is 41.1 Å². The first-order valence-electron chi connectivity index (χ1n) is 13.0. The number of H-pyrrole nitrogens is 1. The van der Waals surface area contributed by atoms with E-state index in [-0.39, 0.29) is 19.8 Å². The van der Waals surface area contributed by atoms with Gasteiger partial charge in [-0.3, -0.25) is 23.4 Å². The average molecular weight is 577 g/mol. The molecule has 1 saturated heterocycles. The van der Waals surface area contributed by atoms with Gasteiger partial charge in [0, 0.05) is 28.8 Å². The Morgan fingerprint density at radius 2 is 1.54 bits per heavy atom. The Balaban J connectivity index is 1.34. The Morgan fingerprint density at radius 3 is 2.15 bits per heavy atom. The second kappa shape index (κ2) is 12.6. The largest absolute Gasteiger partial charge is 0.459 e. The number of hydrogen-bond donors (Lipinski definition) is 1. The van der Waals surface area contributed by atoms with E-state index in [1.807, 2.05) is 12.1 Å². The molecule has 1 aliphatic rings. The van der Waals surface area contributed by atoms with Gasteiger partial charge >= 0.3 is 11.7 Å². The van der Waals surface area contributed by atoms with E-state index in [4.69, 9.17) is 18.7 Å². The second-order valence-corrected chi connectivity index (χ2v) is 11.9. The Labute approximate surface area is 235 Å². The summed E-state index contributed by atoms with van der Waals surface area (Å²) in [6.45, 7) is 1.06. The molecule has 1 fully saturated rings. The molecule has 0 radical (unpaired) electrons. The van der Waals surface area contributed by atoms with Crippen molar-refractivity contribution in [1.29, 1.82) is 0 Å². The van der Waals surface area contributed by atoms with Gasteiger partial charge in [-0.2, -0.15) is 0 Å². The van der Waals surface area contributed by atoms with Gasteiger partial charge in [-0.1, -0.05) is 54.6 Å². The summed E-state index contributed by atoms with van der Waals surface area (Å²) in [6, 6.07) is 26.2. The van der Waals surface area contributed by atoms with E-state index in [0.717, 1.165) is 0 Å². The van der Waals surface area contributed by atoms with Gasteiger partial charge in [-0.25, -0.2) is 9.59 Å². The third-order valence-electron chi connectivity index (χ3n) is 6.73. The fourth-order valence-electron chi connectivity index (χ4n) is 4.55. The lowest BCUT2D eigenvalue weighted by atomic mass is 10.2. The fourth-order valence-corrected chi connectivity index (χ4v) is 6.49. The van der Waals surface area contributed by atoms with Crippen LogP contribution in [0.2, 0.25) is 0 Å². The van der Waals surface area contributed by atoms with Gasteiger partial charge in [0.15, 0.2) is 6.79 Å². The van der Waals surface area contributed by atoms with Gasteiger partial charge in [0.25, 0.3) is 12.9 Å². The molecular weight excluding hydrogens is 547 g/mol. The number of aryl methyl sites for hydroxylation is 1. The van der Waals surface area contributed by atoms with Crippen LogP contribution in [0.5, 0.6) is 0 Å². The summed E-state index contributed by atoms with van der Waals surface area (Å²) in [5.74, 6) is -0.539. The lowest BCUT2D eigenvalue weighted by Gasteiger charge is -2.22. The molecule has 1 N–H and O–H groups in total. The first kappa shape index (κ1) is 28.4. The summed E-state index contributed by atoms with van der Waals surface area (Å²) in [4.78, 5) is 39.3. The van der Waals surface area contributed by atoms with E-state index < -0.39 is 43.0 Å². The summed E-state index contributed by atoms with van der Waals surface area (Å²) in [5, 5.41) is 1.03. The van der Waals surface area contributed by atoms with Gasteiger partial charge in [0.05, 0.1) is 11.7 Å². The first-order valence-corrected chi connectivity index (χ1v) is 14.6. The van der Waals surface area contributed by atoms with Crippen LogP contribution in [0.25, 0.3) is 0 Å². The average Bonchev–Trinajstić information content (AvgIpc) is 3.41. The molecule has 11 heteroatoms. The highest BCUT2D eigenvalue weighted by Gasteiger charge is 2.39. The van der Waals surface area contributed by atoms with E-state index in [0.29, 0.717) is 21.7 Å². The van der Waals surface area contributed by atoms with Crippen LogP contribution < -0.4 is 21.9 Å². The van der Waals surface area contributed by atoms with Crippen LogP contribution in [0.15, 0.2) is 107 Å². The highest BCUT2D eigenvalue weighted by atomic mass is 31.2. The quantitative estimate of drug-likeness (QED) is 0.173. The van der Waals surface area contributed by atoms with Crippen molar-refractivity contribution in [3.8, 4) is 0 Å². The van der Waals surface area contributed by atoms with Gasteiger partial charge < -0.3 is 14.2 Å². The maximum absolute atomic E-state index is 14.2. The summed E-state index contributed by atoms with van der Waals surface area (Å²) in [6.07, 6.45) is -0.676. The molecule has 0 aliphatic carbocycles. The minimum atomic E-state index is -3.51. The third-order valence-corrected chi connectivity index (χ3v) is 9.16. The first-order chi connectivity index (χ1) is 19.8. The van der Waals surface area contributed by atoms with Gasteiger partial charge in [0.1, 0.15) is 18.9 Å². The summed E-state index contributed by atoms with van der Waals surface area (Å²) >= 11 is 0. The topological polar surface area (TPSA) is 126 Å². The fraction of sp³-hybridized carbons (Fsp3) is 0.233. The molecule has 10 nitrogen and oxygen atoms in total. The Kier molecular flexibility index (Phi) is 8.75. The molecule has 0 bridgehead atoms. The SMILES string of the molecule is Cc1cn([C@H]2C[C@H](OCOP(=O)(c3ccccc3)c3ccccc3)[C@@H](COC(=O)c3ccccc3)O2)c(=O)[nH]c1=O. The molecular formula is C30H29N2O8P. The normalized spacial score (nSPS) is 18.7. The van der Waals surface area contributed by atoms with Crippen molar-refractivity contribution in [2.24, 2.45) is 0 Å². The molecule has 1 aliphatic heterocycles. The van der Waals surface area contributed by atoms with Crippen molar-refractivity contribution in [3.63, 3.8) is 0 Å². The maximum atomic E-state index is 14.2. The summed E-state index contributed by atoms with van der Waals surface area (Å²) < 4.78 is 39.0. The molecule has 0 spiro atoms. The van der Waals surface area contributed by atoms with E-state index >= 15 is 0 Å². The van der Waals surface area contributed by atoms with Crippen LogP contribution in [0.1, 0.15) is 28.6 Å². The number of ether oxygens (including phenoxy) is 3. The zero-order valence-electron chi connectivity index (χ0n) is 22.3. The molecule has 0 amide bonds. The van der Waals surface area contributed by atoms with Gasteiger partial charge in [-0.15, -0.1) is 0 Å². The van der Waals surface area contributed by atoms with Crippen molar-refractivity contribution in [1.82, 2.24) is 9.55 Å². The lowest BCUT2D eigenvalue weighted by Crippen LogP contribution is -2.33. The number of rotatable bonds is 10. The monoisotopic (exact) mass is 576 g/mol. The van der Waals surface area contributed by atoms with Crippen molar-refractivity contribution in [2.75, 3.05) is 13.4 Å². The molecule has 3 aromatic carbocycles. The molecule has 3 atom stereocenters. The number of aromatic amines is 1. The number of carbonyl (C=O) groups excluding carboxylic acids is 1. The van der Waals surface area contributed by atoms with Crippen LogP contribution in [-0.2, 0) is 23.3 Å². The predicted molar refractivity (Wildman–Crippen MR) is 152 cm³/mol. The van der Waals surface area contributed by atoms with Crippen molar-refractivity contribution >= 4 is 23.9 Å². The molecule has 212 valence electrons. The van der Waals surface area contributed by atoms with Crippen molar-refractivity contribution < 1.29 is 28.1 Å². The third kappa shape index (κ3) is 6.47. The number of esters is 1. The highest BCUT2D eigenvalue weighted by Crippen LogP contribution is 2.44. The van der Waals surface area contributed by atoms with Crippen molar-refractivity contribution in [3.05, 3.63) is 129 Å². The number of benzene rings is 3. The minimum Gasteiger partial charge on any atom is -0.459 e. The van der Waals surface area contributed by atoms with Gasteiger partial charge in [-0.05, 0) is 43.3 Å². The van der Waals surface area contributed by atoms with Crippen molar-refractivity contribution in [2.45, 2.75) is 31.8 Å². The van der Waals surface area contributed by atoms with Crippen LogP contribution in [0.4, 0.5) is 0 Å². The van der Waals surface area contributed by atoms with Crippen LogP contribution in [0.3, 0.4) is 0 Å². The van der Waals surface area contributed by atoms with E-state index in [9.17, 15) is 18.9 Å². The summed E-state index contributed by atoms with van der Waals surface area (Å²) in [5.41, 5.74) is -0.418. The predicted octanol–water partition coefficient (Wildman–Crippen LogP) is 3.28. The van der Waals surface area contributed by atoms with E-state index in [1.54, 1.807) is 85.8 Å². The zero-order valence-corrected chi connectivity index (χ0v) is 23.1. The second-order valence-electron chi connectivity index (χ2n) is 9.48. The lowest BCUT2D eigenvalue weighted by molar-refractivity contribution is -0.0910. The van der Waals surface area contributed by atoms with E-state index in [2.05, 4.69) is 4.98 Å². The standard InChI is InChI=1S/C30H29N2O8P/c1-21-18-32(30(35)31-28(21)33)27-17-25(26(40-27)19-37-29(34)22-11-5-2-6-12-22)38-20-39-41(36,23-13-7-3-8-14-23)24-15-9-4-10-16-24/h2-16,18,25-27H,17,19-20H2,1H3,(H,31,33,35)/t25-,26+,27+/m0/s1.